The number of Topliss-reactive ketones (excluding diaryl/α,β-unsaturated/α-hetero) is 1. The summed E-state index contributed by atoms with van der Waals surface area (Å²) in [6, 6.07) is 0. The maximum atomic E-state index is 10.5. The molecular formula is C8H15NO3. The van der Waals surface area contributed by atoms with Crippen molar-refractivity contribution in [2.24, 2.45) is 5.73 Å². The molecule has 12 heavy (non-hydrogen) atoms. The Hall–Kier alpha value is -1.06. The average molecular weight is 173 g/mol. The molecule has 0 aliphatic heterocycles. The summed E-state index contributed by atoms with van der Waals surface area (Å²) < 4.78 is 4.50. The first-order valence-corrected chi connectivity index (χ1v) is 4.04. The van der Waals surface area contributed by atoms with Crippen LogP contribution in [0.25, 0.3) is 0 Å². The molecule has 0 saturated carbocycles. The Bertz CT molecular complexity index is 138. The number of hydrogen-bond donors (Lipinski definition) is 1. The molecule has 0 fully saturated rings. The number of primary amides is 1. The van der Waals surface area contributed by atoms with Crippen LogP contribution in [0.4, 0.5) is 4.79 Å². The minimum atomic E-state index is -0.735. The summed E-state index contributed by atoms with van der Waals surface area (Å²) in [5.74, 6) is 0.200. The molecule has 0 aromatic heterocycles. The number of carbonyl (C=O) groups is 2. The largest absolute Gasteiger partial charge is 0.450 e. The second-order valence-electron chi connectivity index (χ2n) is 2.68. The van der Waals surface area contributed by atoms with E-state index in [9.17, 15) is 9.59 Å². The van der Waals surface area contributed by atoms with E-state index < -0.39 is 6.09 Å². The SMILES string of the molecule is CC(=O)CCCCCOC(N)=O. The lowest BCUT2D eigenvalue weighted by molar-refractivity contribution is -0.117. The fourth-order valence-electron chi connectivity index (χ4n) is 0.826. The lowest BCUT2D eigenvalue weighted by Crippen LogP contribution is -2.13. The van der Waals surface area contributed by atoms with Gasteiger partial charge in [-0.2, -0.15) is 0 Å². The first-order valence-electron chi connectivity index (χ1n) is 4.04. The Morgan fingerprint density at radius 2 is 1.92 bits per heavy atom. The van der Waals surface area contributed by atoms with E-state index in [2.05, 4.69) is 4.74 Å². The molecule has 70 valence electrons. The fraction of sp³-hybridized carbons (Fsp3) is 0.750. The molecule has 0 heterocycles. The summed E-state index contributed by atoms with van der Waals surface area (Å²) in [6.07, 6.45) is 2.40. The highest BCUT2D eigenvalue weighted by atomic mass is 16.5. The Kier molecular flexibility index (Phi) is 6.05. The predicted molar refractivity (Wildman–Crippen MR) is 44.7 cm³/mol. The van der Waals surface area contributed by atoms with E-state index in [1.54, 1.807) is 6.92 Å². The highest BCUT2D eigenvalue weighted by Gasteiger charge is 1.95. The predicted octanol–water partition coefficient (Wildman–Crippen LogP) is 1.23. The van der Waals surface area contributed by atoms with E-state index in [4.69, 9.17) is 5.73 Å². The lowest BCUT2D eigenvalue weighted by Gasteiger charge is -1.99. The number of rotatable bonds is 6. The Balaban J connectivity index is 3.01. The van der Waals surface area contributed by atoms with Crippen LogP contribution in [0.15, 0.2) is 0 Å². The Labute approximate surface area is 72.1 Å². The number of nitrogens with two attached hydrogens (primary N) is 1. The molecule has 0 aromatic rings. The van der Waals surface area contributed by atoms with Crippen molar-refractivity contribution in [2.45, 2.75) is 32.6 Å². The first-order chi connectivity index (χ1) is 5.63. The van der Waals surface area contributed by atoms with Crippen molar-refractivity contribution in [3.63, 3.8) is 0 Å². The molecule has 0 spiro atoms. The van der Waals surface area contributed by atoms with E-state index in [0.29, 0.717) is 13.0 Å². The molecule has 0 saturated heterocycles. The van der Waals surface area contributed by atoms with Crippen LogP contribution in [0.2, 0.25) is 0 Å². The van der Waals surface area contributed by atoms with Gasteiger partial charge in [0.05, 0.1) is 6.61 Å². The van der Waals surface area contributed by atoms with Gasteiger partial charge in [-0.3, -0.25) is 0 Å². The van der Waals surface area contributed by atoms with Gasteiger partial charge in [-0.15, -0.1) is 0 Å². The van der Waals surface area contributed by atoms with Gasteiger partial charge in [-0.1, -0.05) is 0 Å². The maximum absolute atomic E-state index is 10.5. The Morgan fingerprint density at radius 3 is 2.42 bits per heavy atom. The van der Waals surface area contributed by atoms with E-state index in [1.165, 1.54) is 0 Å². The van der Waals surface area contributed by atoms with Gasteiger partial charge >= 0.3 is 6.09 Å². The molecule has 0 aliphatic rings. The lowest BCUT2D eigenvalue weighted by atomic mass is 10.1. The van der Waals surface area contributed by atoms with Crippen molar-refractivity contribution in [1.29, 1.82) is 0 Å². The van der Waals surface area contributed by atoms with Gasteiger partial charge in [-0.25, -0.2) is 4.79 Å². The van der Waals surface area contributed by atoms with Crippen LogP contribution in [0, 0.1) is 0 Å². The molecule has 0 atom stereocenters. The third-order valence-corrected chi connectivity index (χ3v) is 1.42. The second kappa shape index (κ2) is 6.64. The molecule has 0 radical (unpaired) electrons. The molecule has 1 amide bonds. The van der Waals surface area contributed by atoms with Gasteiger partial charge < -0.3 is 15.3 Å². The van der Waals surface area contributed by atoms with Gasteiger partial charge in [0.1, 0.15) is 5.78 Å². The van der Waals surface area contributed by atoms with Crippen LogP contribution in [-0.2, 0) is 9.53 Å². The number of unbranched alkanes of at least 4 members (excludes halogenated alkanes) is 2. The Morgan fingerprint density at radius 1 is 1.25 bits per heavy atom. The summed E-state index contributed by atoms with van der Waals surface area (Å²) in [5, 5.41) is 0. The van der Waals surface area contributed by atoms with E-state index in [-0.39, 0.29) is 5.78 Å². The molecule has 0 unspecified atom stereocenters. The minimum absolute atomic E-state index is 0.200. The van der Waals surface area contributed by atoms with Crippen molar-refractivity contribution in [2.75, 3.05) is 6.61 Å². The molecule has 2 N–H and O–H groups in total. The van der Waals surface area contributed by atoms with Crippen molar-refractivity contribution >= 4 is 11.9 Å². The third kappa shape index (κ3) is 8.94. The molecule has 4 nitrogen and oxygen atoms in total. The number of carbonyl (C=O) groups excluding carboxylic acids is 2. The topological polar surface area (TPSA) is 69.4 Å². The number of ether oxygens (including phenoxy) is 1. The van der Waals surface area contributed by atoms with Crippen LogP contribution in [0.3, 0.4) is 0 Å². The van der Waals surface area contributed by atoms with Crippen LogP contribution in [-0.4, -0.2) is 18.5 Å². The summed E-state index contributed by atoms with van der Waals surface area (Å²) in [5.41, 5.74) is 4.74. The summed E-state index contributed by atoms with van der Waals surface area (Å²) >= 11 is 0. The molecule has 0 aliphatic carbocycles. The van der Waals surface area contributed by atoms with Crippen LogP contribution < -0.4 is 5.73 Å². The zero-order valence-corrected chi connectivity index (χ0v) is 7.34. The van der Waals surface area contributed by atoms with Crippen LogP contribution in [0.1, 0.15) is 32.6 Å². The molecule has 0 aromatic carbocycles. The van der Waals surface area contributed by atoms with E-state index >= 15 is 0 Å². The standard InChI is InChI=1S/C8H15NO3/c1-7(10)5-3-2-4-6-12-8(9)11/h2-6H2,1H3,(H2,9,11). The quantitative estimate of drug-likeness (QED) is 0.614. The van der Waals surface area contributed by atoms with Gasteiger partial charge in [0.15, 0.2) is 0 Å². The number of ketones is 1. The number of hydrogen-bond acceptors (Lipinski definition) is 3. The molecular weight excluding hydrogens is 158 g/mol. The molecule has 0 bridgehead atoms. The van der Waals surface area contributed by atoms with Crippen LogP contribution in [0.5, 0.6) is 0 Å². The summed E-state index contributed by atoms with van der Waals surface area (Å²) in [4.78, 5) is 20.6. The third-order valence-electron chi connectivity index (χ3n) is 1.42. The molecule has 4 heteroatoms. The first kappa shape index (κ1) is 10.9. The smallest absolute Gasteiger partial charge is 0.404 e. The summed E-state index contributed by atoms with van der Waals surface area (Å²) in [6.45, 7) is 1.92. The van der Waals surface area contributed by atoms with E-state index in [1.807, 2.05) is 0 Å². The zero-order valence-electron chi connectivity index (χ0n) is 7.34. The second-order valence-corrected chi connectivity index (χ2v) is 2.68. The highest BCUT2D eigenvalue weighted by Crippen LogP contribution is 2.00. The maximum Gasteiger partial charge on any atom is 0.404 e. The monoisotopic (exact) mass is 173 g/mol. The van der Waals surface area contributed by atoms with Crippen LogP contribution >= 0.6 is 0 Å². The van der Waals surface area contributed by atoms with Gasteiger partial charge in [0.2, 0.25) is 0 Å². The summed E-state index contributed by atoms with van der Waals surface area (Å²) in [7, 11) is 0. The van der Waals surface area contributed by atoms with Gasteiger partial charge in [0.25, 0.3) is 0 Å². The van der Waals surface area contributed by atoms with Gasteiger partial charge in [-0.05, 0) is 26.2 Å². The normalized spacial score (nSPS) is 9.42. The minimum Gasteiger partial charge on any atom is -0.450 e. The zero-order chi connectivity index (χ0) is 9.40. The van der Waals surface area contributed by atoms with Crippen molar-refractivity contribution in [3.05, 3.63) is 0 Å². The fourth-order valence-corrected chi connectivity index (χ4v) is 0.826. The van der Waals surface area contributed by atoms with E-state index in [0.717, 1.165) is 19.3 Å². The van der Waals surface area contributed by atoms with Crippen molar-refractivity contribution in [3.8, 4) is 0 Å². The molecule has 0 rings (SSSR count). The van der Waals surface area contributed by atoms with Crippen molar-refractivity contribution < 1.29 is 14.3 Å². The van der Waals surface area contributed by atoms with Gasteiger partial charge in [0, 0.05) is 6.42 Å². The number of amides is 1. The average Bonchev–Trinajstić information content (AvgIpc) is 1.95. The highest BCUT2D eigenvalue weighted by molar-refractivity contribution is 5.75. The van der Waals surface area contributed by atoms with Crippen molar-refractivity contribution in [1.82, 2.24) is 0 Å².